The molecule has 4 amide bonds. The van der Waals surface area contributed by atoms with E-state index in [2.05, 4.69) is 33.2 Å². The van der Waals surface area contributed by atoms with E-state index >= 15 is 0 Å². The van der Waals surface area contributed by atoms with Crippen molar-refractivity contribution >= 4 is 41.1 Å². The zero-order chi connectivity index (χ0) is 19.0. The number of rotatable bonds is 7. The lowest BCUT2D eigenvalue weighted by atomic mass is 10.1. The molecule has 0 saturated carbocycles. The summed E-state index contributed by atoms with van der Waals surface area (Å²) in [6.07, 6.45) is 1.42. The summed E-state index contributed by atoms with van der Waals surface area (Å²) >= 11 is 4.69. The molecular formula is C13H24N8O3S. The molecule has 1 aliphatic rings. The van der Waals surface area contributed by atoms with E-state index in [0.29, 0.717) is 19.4 Å². The van der Waals surface area contributed by atoms with Gasteiger partial charge < -0.3 is 27.4 Å². The van der Waals surface area contributed by atoms with E-state index in [0.717, 1.165) is 0 Å². The van der Waals surface area contributed by atoms with Gasteiger partial charge in [0, 0.05) is 26.1 Å². The predicted octanol–water partition coefficient (Wildman–Crippen LogP) is -2.70. The second kappa shape index (κ2) is 9.74. The largest absolute Gasteiger partial charge is 0.376 e. The maximum atomic E-state index is 12.3. The van der Waals surface area contributed by atoms with Crippen LogP contribution in [0.4, 0.5) is 4.79 Å². The fraction of sp³-hybridized carbons (Fsp3) is 0.615. The highest BCUT2D eigenvalue weighted by atomic mass is 32.1. The minimum Gasteiger partial charge on any atom is -0.376 e. The molecule has 9 N–H and O–H groups in total. The number of thiocarbonyl (C=S) groups is 1. The monoisotopic (exact) mass is 372 g/mol. The van der Waals surface area contributed by atoms with Gasteiger partial charge >= 0.3 is 6.03 Å². The van der Waals surface area contributed by atoms with E-state index in [1.54, 1.807) is 0 Å². The van der Waals surface area contributed by atoms with Crippen LogP contribution in [-0.2, 0) is 9.59 Å². The van der Waals surface area contributed by atoms with E-state index in [1.807, 2.05) is 0 Å². The summed E-state index contributed by atoms with van der Waals surface area (Å²) in [6, 6.07) is -1.95. The number of urea groups is 1. The van der Waals surface area contributed by atoms with Crippen LogP contribution in [-0.4, -0.2) is 66.0 Å². The minimum absolute atomic E-state index is 0.0246. The molecule has 0 spiro atoms. The topological polar surface area (TPSA) is 181 Å². The first-order valence-electron chi connectivity index (χ1n) is 7.67. The van der Waals surface area contributed by atoms with Crippen LogP contribution in [0.2, 0.25) is 0 Å². The summed E-state index contributed by atoms with van der Waals surface area (Å²) < 4.78 is 0. The van der Waals surface area contributed by atoms with Crippen LogP contribution >= 0.6 is 12.2 Å². The number of carbonyl (C=O) groups is 3. The molecule has 2 atom stereocenters. The lowest BCUT2D eigenvalue weighted by Crippen LogP contribution is -2.58. The SMILES string of the molecule is CN(C(=O)C[C@@H](N)CCCNC(N)=S)C1CN=C(NC(N)=O)NC1=O. The van der Waals surface area contributed by atoms with Crippen LogP contribution in [0.1, 0.15) is 19.3 Å². The molecule has 0 aromatic heterocycles. The molecule has 1 unspecified atom stereocenters. The fourth-order valence-electron chi connectivity index (χ4n) is 2.21. The molecule has 140 valence electrons. The number of primary amides is 1. The highest BCUT2D eigenvalue weighted by Crippen LogP contribution is 2.07. The van der Waals surface area contributed by atoms with Gasteiger partial charge in [-0.05, 0) is 25.1 Å². The summed E-state index contributed by atoms with van der Waals surface area (Å²) in [7, 11) is 1.51. The fourth-order valence-corrected chi connectivity index (χ4v) is 2.31. The Kier molecular flexibility index (Phi) is 8.01. The van der Waals surface area contributed by atoms with Crippen LogP contribution in [0.5, 0.6) is 0 Å². The van der Waals surface area contributed by atoms with Gasteiger partial charge in [0.2, 0.25) is 11.9 Å². The van der Waals surface area contributed by atoms with Gasteiger partial charge in [-0.3, -0.25) is 20.2 Å². The van der Waals surface area contributed by atoms with Crippen LogP contribution in [0.3, 0.4) is 0 Å². The molecular weight excluding hydrogens is 348 g/mol. The van der Waals surface area contributed by atoms with Gasteiger partial charge in [-0.25, -0.2) is 9.79 Å². The van der Waals surface area contributed by atoms with Crippen LogP contribution in [0.15, 0.2) is 4.99 Å². The summed E-state index contributed by atoms with van der Waals surface area (Å²) in [5.74, 6) is -0.753. The Morgan fingerprint density at radius 1 is 1.48 bits per heavy atom. The summed E-state index contributed by atoms with van der Waals surface area (Å²) in [6.45, 7) is 0.610. The third kappa shape index (κ3) is 7.30. The number of likely N-dealkylation sites (N-methyl/N-ethyl adjacent to an activating group) is 1. The highest BCUT2D eigenvalue weighted by Gasteiger charge is 2.31. The molecule has 0 aliphatic carbocycles. The first kappa shape index (κ1) is 20.6. The Morgan fingerprint density at radius 2 is 2.16 bits per heavy atom. The smallest absolute Gasteiger partial charge is 0.318 e. The van der Waals surface area contributed by atoms with Crippen molar-refractivity contribution in [1.29, 1.82) is 0 Å². The number of nitrogens with one attached hydrogen (secondary N) is 3. The number of hydrogen-bond acceptors (Lipinski definition) is 6. The molecule has 11 nitrogen and oxygen atoms in total. The Labute approximate surface area is 150 Å². The van der Waals surface area contributed by atoms with E-state index in [1.165, 1.54) is 11.9 Å². The molecule has 0 aromatic rings. The van der Waals surface area contributed by atoms with E-state index in [4.69, 9.17) is 17.2 Å². The number of nitrogens with two attached hydrogens (primary N) is 3. The number of aliphatic imine (C=N–C) groups is 1. The van der Waals surface area contributed by atoms with E-state index in [9.17, 15) is 14.4 Å². The van der Waals surface area contributed by atoms with Crippen molar-refractivity contribution in [2.24, 2.45) is 22.2 Å². The van der Waals surface area contributed by atoms with E-state index in [-0.39, 0.29) is 36.0 Å². The summed E-state index contributed by atoms with van der Waals surface area (Å²) in [4.78, 5) is 40.3. The van der Waals surface area contributed by atoms with Gasteiger partial charge in [0.05, 0.1) is 6.54 Å². The molecule has 1 heterocycles. The maximum Gasteiger partial charge on any atom is 0.318 e. The molecule has 12 heteroatoms. The third-order valence-corrected chi connectivity index (χ3v) is 3.70. The van der Waals surface area contributed by atoms with Crippen LogP contribution < -0.4 is 33.2 Å². The van der Waals surface area contributed by atoms with Crippen LogP contribution in [0.25, 0.3) is 0 Å². The van der Waals surface area contributed by atoms with Crippen molar-refractivity contribution in [1.82, 2.24) is 20.9 Å². The quantitative estimate of drug-likeness (QED) is 0.207. The maximum absolute atomic E-state index is 12.3. The molecule has 1 rings (SSSR count). The first-order valence-corrected chi connectivity index (χ1v) is 8.07. The minimum atomic E-state index is -0.835. The standard InChI is InChI=1S/C13H24N8O3S/c1-21(8-6-18-13(19-10(8)23)20-11(15)24)9(22)5-7(14)3-2-4-17-12(16)25/h7-8H,2-6,14H2,1H3,(H3,16,17,25)(H4,15,18,19,20,23,24)/t7-,8?/m0/s1. The van der Waals surface area contributed by atoms with Crippen molar-refractivity contribution in [3.63, 3.8) is 0 Å². The highest BCUT2D eigenvalue weighted by molar-refractivity contribution is 7.80. The number of guanidine groups is 1. The van der Waals surface area contributed by atoms with Gasteiger partial charge in [0.15, 0.2) is 5.11 Å². The van der Waals surface area contributed by atoms with E-state index < -0.39 is 18.0 Å². The molecule has 0 saturated heterocycles. The molecule has 1 aliphatic heterocycles. The van der Waals surface area contributed by atoms with Gasteiger partial charge in [-0.15, -0.1) is 0 Å². The average Bonchev–Trinajstić information content (AvgIpc) is 2.50. The third-order valence-electron chi connectivity index (χ3n) is 3.56. The van der Waals surface area contributed by atoms with Crippen LogP contribution in [0, 0.1) is 0 Å². The van der Waals surface area contributed by atoms with Crippen molar-refractivity contribution in [3.8, 4) is 0 Å². The van der Waals surface area contributed by atoms with Crippen molar-refractivity contribution in [2.75, 3.05) is 20.1 Å². The van der Waals surface area contributed by atoms with Gasteiger partial charge in [-0.1, -0.05) is 0 Å². The molecule has 0 radical (unpaired) electrons. The molecule has 0 bridgehead atoms. The lowest BCUT2D eigenvalue weighted by molar-refractivity contribution is -0.138. The second-order valence-corrected chi connectivity index (χ2v) is 6.03. The Bertz CT molecular complexity index is 567. The lowest BCUT2D eigenvalue weighted by Gasteiger charge is -2.30. The summed E-state index contributed by atoms with van der Waals surface area (Å²) in [5.41, 5.74) is 16.2. The zero-order valence-corrected chi connectivity index (χ0v) is 14.8. The van der Waals surface area contributed by atoms with Crippen molar-refractivity contribution < 1.29 is 14.4 Å². The number of nitrogens with zero attached hydrogens (tertiary/aromatic N) is 2. The number of hydrogen-bond donors (Lipinski definition) is 6. The normalized spacial score (nSPS) is 17.8. The Hall–Kier alpha value is -2.47. The zero-order valence-electron chi connectivity index (χ0n) is 13.9. The summed E-state index contributed by atoms with van der Waals surface area (Å²) in [5, 5.41) is 7.58. The van der Waals surface area contributed by atoms with Gasteiger partial charge in [-0.2, -0.15) is 0 Å². The second-order valence-electron chi connectivity index (χ2n) is 5.59. The Morgan fingerprint density at radius 3 is 2.72 bits per heavy atom. The molecule has 0 fully saturated rings. The van der Waals surface area contributed by atoms with Gasteiger partial charge in [0.1, 0.15) is 6.04 Å². The number of carbonyl (C=O) groups excluding carboxylic acids is 3. The molecule has 0 aromatic carbocycles. The molecule has 25 heavy (non-hydrogen) atoms. The average molecular weight is 372 g/mol. The van der Waals surface area contributed by atoms with Gasteiger partial charge in [0.25, 0.3) is 5.91 Å². The first-order chi connectivity index (χ1) is 11.7. The van der Waals surface area contributed by atoms with Crippen molar-refractivity contribution in [2.45, 2.75) is 31.3 Å². The number of amides is 4. The Balaban J connectivity index is 2.45. The predicted molar refractivity (Wildman–Crippen MR) is 96.3 cm³/mol. The van der Waals surface area contributed by atoms with Crippen molar-refractivity contribution in [3.05, 3.63) is 0 Å².